The van der Waals surface area contributed by atoms with Crippen LogP contribution in [0.3, 0.4) is 0 Å². The number of carbonyl (C=O) groups excluding carboxylic acids is 4. The number of unbranched alkanes of at least 4 members (excludes halogenated alkanes) is 43. The highest BCUT2D eigenvalue weighted by atomic mass is 31.2. The topological polar surface area (TPSA) is 237 Å². The minimum atomic E-state index is -4.95. The highest BCUT2D eigenvalue weighted by molar-refractivity contribution is 7.47. The van der Waals surface area contributed by atoms with Crippen LogP contribution in [-0.2, 0) is 65.4 Å². The molecular weight excluding hydrogens is 1150 g/mol. The van der Waals surface area contributed by atoms with Gasteiger partial charge in [0.05, 0.1) is 26.4 Å². The average molecular weight is 1280 g/mol. The minimum Gasteiger partial charge on any atom is -0.462 e. The molecule has 0 bridgehead atoms. The molecule has 0 aromatic carbocycles. The van der Waals surface area contributed by atoms with Gasteiger partial charge in [-0.25, -0.2) is 9.13 Å². The maximum Gasteiger partial charge on any atom is 0.472 e. The van der Waals surface area contributed by atoms with Gasteiger partial charge in [0.25, 0.3) is 0 Å². The largest absolute Gasteiger partial charge is 0.472 e. The monoisotopic (exact) mass is 1280 g/mol. The summed E-state index contributed by atoms with van der Waals surface area (Å²) in [5.74, 6) is -2.14. The number of hydrogen-bond acceptors (Lipinski definition) is 15. The molecule has 2 unspecified atom stereocenters. The highest BCUT2D eigenvalue weighted by Crippen LogP contribution is 2.45. The number of aliphatic hydroxyl groups excluding tert-OH is 1. The Morgan fingerprint density at radius 2 is 0.460 bits per heavy atom. The molecule has 17 nitrogen and oxygen atoms in total. The van der Waals surface area contributed by atoms with Gasteiger partial charge in [0.2, 0.25) is 0 Å². The van der Waals surface area contributed by atoms with Crippen LogP contribution in [-0.4, -0.2) is 96.7 Å². The van der Waals surface area contributed by atoms with Crippen molar-refractivity contribution in [2.45, 2.75) is 373 Å². The third-order valence-electron chi connectivity index (χ3n) is 15.9. The number of phosphoric ester groups is 2. The van der Waals surface area contributed by atoms with E-state index in [2.05, 4.69) is 27.7 Å². The summed E-state index contributed by atoms with van der Waals surface area (Å²) in [6, 6.07) is 0. The highest BCUT2D eigenvalue weighted by Gasteiger charge is 2.30. The van der Waals surface area contributed by atoms with E-state index in [0.717, 1.165) is 96.3 Å². The Kier molecular flexibility index (Phi) is 61.4. The minimum absolute atomic E-state index is 0.105. The summed E-state index contributed by atoms with van der Waals surface area (Å²) in [4.78, 5) is 72.1. The molecule has 0 saturated heterocycles. The molecule has 0 aromatic rings. The Morgan fingerprint density at radius 3 is 0.678 bits per heavy atom. The number of rotatable bonds is 69. The predicted molar refractivity (Wildman–Crippen MR) is 349 cm³/mol. The summed E-state index contributed by atoms with van der Waals surface area (Å²) in [6.07, 6.45) is 50.5. The summed E-state index contributed by atoms with van der Waals surface area (Å²) in [6.45, 7) is 4.82. The molecule has 0 radical (unpaired) electrons. The van der Waals surface area contributed by atoms with E-state index in [4.69, 9.17) is 37.0 Å². The molecule has 516 valence electrons. The molecule has 0 fully saturated rings. The van der Waals surface area contributed by atoms with Crippen LogP contribution in [0.1, 0.15) is 355 Å². The van der Waals surface area contributed by atoms with Gasteiger partial charge in [-0.3, -0.25) is 37.3 Å². The fourth-order valence-corrected chi connectivity index (χ4v) is 11.9. The molecule has 5 atom stereocenters. The maximum absolute atomic E-state index is 13.0. The van der Waals surface area contributed by atoms with Crippen LogP contribution in [0.15, 0.2) is 0 Å². The Labute approximate surface area is 530 Å². The van der Waals surface area contributed by atoms with E-state index in [0.29, 0.717) is 25.7 Å². The molecule has 0 rings (SSSR count). The fourth-order valence-electron chi connectivity index (χ4n) is 10.3. The summed E-state index contributed by atoms with van der Waals surface area (Å²) < 4.78 is 67.9. The van der Waals surface area contributed by atoms with Crippen LogP contribution >= 0.6 is 15.6 Å². The predicted octanol–water partition coefficient (Wildman–Crippen LogP) is 19.5. The second kappa shape index (κ2) is 62.8. The van der Waals surface area contributed by atoms with Gasteiger partial charge in [-0.15, -0.1) is 0 Å². The smallest absolute Gasteiger partial charge is 0.462 e. The lowest BCUT2D eigenvalue weighted by Gasteiger charge is -2.21. The van der Waals surface area contributed by atoms with E-state index in [-0.39, 0.29) is 25.7 Å². The first-order valence-electron chi connectivity index (χ1n) is 35.8. The summed E-state index contributed by atoms with van der Waals surface area (Å²) in [7, 11) is -9.88. The van der Waals surface area contributed by atoms with E-state index in [1.165, 1.54) is 180 Å². The third kappa shape index (κ3) is 62.6. The maximum atomic E-state index is 13.0. The molecule has 0 aliphatic carbocycles. The summed E-state index contributed by atoms with van der Waals surface area (Å²) >= 11 is 0. The molecule has 0 aliphatic heterocycles. The van der Waals surface area contributed by atoms with E-state index in [1.54, 1.807) is 0 Å². The lowest BCUT2D eigenvalue weighted by atomic mass is 10.0. The van der Waals surface area contributed by atoms with Crippen LogP contribution in [0.5, 0.6) is 0 Å². The van der Waals surface area contributed by atoms with Crippen molar-refractivity contribution < 1.29 is 80.2 Å². The quantitative estimate of drug-likeness (QED) is 0.0222. The van der Waals surface area contributed by atoms with Crippen molar-refractivity contribution in [3.8, 4) is 0 Å². The van der Waals surface area contributed by atoms with Gasteiger partial charge < -0.3 is 33.8 Å². The average Bonchev–Trinajstić information content (AvgIpc) is 3.58. The summed E-state index contributed by atoms with van der Waals surface area (Å²) in [5.41, 5.74) is 0. The Balaban J connectivity index is 5.08. The first-order chi connectivity index (χ1) is 42.2. The third-order valence-corrected chi connectivity index (χ3v) is 17.8. The van der Waals surface area contributed by atoms with Crippen molar-refractivity contribution in [1.82, 2.24) is 0 Å². The van der Waals surface area contributed by atoms with Gasteiger partial charge in [0.1, 0.15) is 19.3 Å². The molecule has 0 aromatic heterocycles. The van der Waals surface area contributed by atoms with Crippen molar-refractivity contribution in [2.75, 3.05) is 39.6 Å². The van der Waals surface area contributed by atoms with Crippen LogP contribution in [0.4, 0.5) is 0 Å². The van der Waals surface area contributed by atoms with Crippen molar-refractivity contribution in [3.63, 3.8) is 0 Å². The van der Waals surface area contributed by atoms with Crippen LogP contribution in [0.25, 0.3) is 0 Å². The van der Waals surface area contributed by atoms with Crippen molar-refractivity contribution in [2.24, 2.45) is 0 Å². The molecule has 0 amide bonds. The zero-order valence-electron chi connectivity index (χ0n) is 56.0. The molecule has 0 spiro atoms. The number of hydrogen-bond donors (Lipinski definition) is 3. The van der Waals surface area contributed by atoms with Gasteiger partial charge in [-0.1, -0.05) is 304 Å². The normalized spacial score (nSPS) is 14.1. The molecule has 87 heavy (non-hydrogen) atoms. The van der Waals surface area contributed by atoms with Crippen LogP contribution < -0.4 is 0 Å². The number of aliphatic hydroxyl groups is 1. The second-order valence-corrected chi connectivity index (χ2v) is 27.5. The summed E-state index contributed by atoms with van der Waals surface area (Å²) in [5, 5.41) is 10.5. The SMILES string of the molecule is CCCCCCCCCCCCCCCCCCCCCCCC(=O)O[C@H](COC(=O)CCCCCCCCCCCCCC)COP(=O)(O)OC[C@@H](O)COP(=O)(O)OC[C@@H](COC(=O)CCCCCCC)OC(=O)CCCCCCCCCCC. The number of phosphoric acid groups is 2. The standard InChI is InChI=1S/C68H132O17P2/c1-5-9-13-17-20-23-25-27-28-29-30-31-32-33-34-35-37-40-43-47-51-55-68(73)85-64(59-79-66(71)53-49-45-41-39-36-26-24-21-18-14-10-6-2)61-83-87(76,77)81-57-62(69)56-80-86(74,75)82-60-63(58-78-65(70)52-48-44-16-12-8-4)84-67(72)54-50-46-42-38-22-19-15-11-7-3/h62-64,69H,5-61H2,1-4H3,(H,74,75)(H,76,77)/t62-,63+,64+/m0/s1. The van der Waals surface area contributed by atoms with E-state index < -0.39 is 97.5 Å². The Morgan fingerprint density at radius 1 is 0.276 bits per heavy atom. The van der Waals surface area contributed by atoms with Crippen LogP contribution in [0, 0.1) is 0 Å². The van der Waals surface area contributed by atoms with Gasteiger partial charge in [-0.05, 0) is 25.7 Å². The molecule has 0 saturated carbocycles. The molecule has 3 N–H and O–H groups in total. The molecular formula is C68H132O17P2. The van der Waals surface area contributed by atoms with Gasteiger partial charge in [-0.2, -0.15) is 0 Å². The Bertz CT molecular complexity index is 1670. The van der Waals surface area contributed by atoms with Crippen molar-refractivity contribution in [1.29, 1.82) is 0 Å². The lowest BCUT2D eigenvalue weighted by molar-refractivity contribution is -0.161. The second-order valence-electron chi connectivity index (χ2n) is 24.6. The van der Waals surface area contributed by atoms with E-state index >= 15 is 0 Å². The van der Waals surface area contributed by atoms with Crippen LogP contribution in [0.2, 0.25) is 0 Å². The molecule has 19 heteroatoms. The van der Waals surface area contributed by atoms with Gasteiger partial charge in [0, 0.05) is 25.7 Å². The lowest BCUT2D eigenvalue weighted by Crippen LogP contribution is -2.30. The number of carbonyl (C=O) groups is 4. The van der Waals surface area contributed by atoms with Crippen molar-refractivity contribution >= 4 is 39.5 Å². The number of ether oxygens (including phenoxy) is 4. The molecule has 0 heterocycles. The zero-order valence-corrected chi connectivity index (χ0v) is 57.8. The fraction of sp³-hybridized carbons (Fsp3) is 0.941. The zero-order chi connectivity index (χ0) is 64.0. The molecule has 0 aliphatic rings. The van der Waals surface area contributed by atoms with Gasteiger partial charge in [0.15, 0.2) is 12.2 Å². The first-order valence-corrected chi connectivity index (χ1v) is 38.8. The van der Waals surface area contributed by atoms with Gasteiger partial charge >= 0.3 is 39.5 Å². The Hall–Kier alpha value is -1.94. The van der Waals surface area contributed by atoms with Crippen molar-refractivity contribution in [3.05, 3.63) is 0 Å². The van der Waals surface area contributed by atoms with E-state index in [9.17, 15) is 43.2 Å². The van der Waals surface area contributed by atoms with E-state index in [1.807, 2.05) is 0 Å². The first kappa shape index (κ1) is 85.1. The number of esters is 4.